The summed E-state index contributed by atoms with van der Waals surface area (Å²) in [6.07, 6.45) is 0. The number of hydrogen-bond donors (Lipinski definition) is 2. The first kappa shape index (κ1) is 11.6. The molecule has 0 fully saturated rings. The summed E-state index contributed by atoms with van der Waals surface area (Å²) in [5.41, 5.74) is 3.54. The van der Waals surface area contributed by atoms with Gasteiger partial charge in [0, 0.05) is 25.7 Å². The fourth-order valence-corrected chi connectivity index (χ4v) is 1.30. The number of rotatable bonds is 4. The number of anilines is 1. The average molecular weight is 205 g/mol. The van der Waals surface area contributed by atoms with Crippen LogP contribution in [-0.4, -0.2) is 19.0 Å². The molecule has 0 saturated heterocycles. The Bertz CT molecular complexity index is 347. The van der Waals surface area contributed by atoms with Crippen LogP contribution >= 0.6 is 0 Å². The van der Waals surface area contributed by atoms with Crippen LogP contribution in [0.3, 0.4) is 0 Å². The Labute approximate surface area is 90.9 Å². The van der Waals surface area contributed by atoms with Crippen molar-refractivity contribution in [3.05, 3.63) is 29.3 Å². The molecule has 2 N–H and O–H groups in total. The summed E-state index contributed by atoms with van der Waals surface area (Å²) in [6.45, 7) is 7.03. The standard InChI is InChI=1S/C12H17N2O/c1-9-5-4-6-12(10(9)2)14-8-7-13-11(3)15/h5-6,14H,7-8H2,1-3H3,(H,13,15). The molecule has 1 aromatic carbocycles. The van der Waals surface area contributed by atoms with E-state index in [4.69, 9.17) is 0 Å². The second-order valence-electron chi connectivity index (χ2n) is 3.59. The molecule has 1 radical (unpaired) electrons. The van der Waals surface area contributed by atoms with Gasteiger partial charge in [-0.15, -0.1) is 0 Å². The Kier molecular flexibility index (Phi) is 4.16. The van der Waals surface area contributed by atoms with Gasteiger partial charge in [0.05, 0.1) is 0 Å². The van der Waals surface area contributed by atoms with Gasteiger partial charge in [0.25, 0.3) is 0 Å². The predicted molar refractivity (Wildman–Crippen MR) is 61.9 cm³/mol. The molecule has 1 amide bonds. The first-order valence-electron chi connectivity index (χ1n) is 5.07. The maximum absolute atomic E-state index is 10.6. The van der Waals surface area contributed by atoms with E-state index >= 15 is 0 Å². The Morgan fingerprint density at radius 1 is 1.33 bits per heavy atom. The van der Waals surface area contributed by atoms with Gasteiger partial charge < -0.3 is 10.6 Å². The zero-order valence-corrected chi connectivity index (χ0v) is 9.48. The van der Waals surface area contributed by atoms with Gasteiger partial charge in [-0.3, -0.25) is 4.79 Å². The van der Waals surface area contributed by atoms with Crippen molar-refractivity contribution in [1.29, 1.82) is 0 Å². The van der Waals surface area contributed by atoms with E-state index in [-0.39, 0.29) is 5.91 Å². The predicted octanol–water partition coefficient (Wildman–Crippen LogP) is 1.65. The van der Waals surface area contributed by atoms with Gasteiger partial charge in [-0.05, 0) is 37.1 Å². The summed E-state index contributed by atoms with van der Waals surface area (Å²) in [5.74, 6) is 0.00401. The second kappa shape index (κ2) is 5.39. The number of carbonyl (C=O) groups is 1. The number of nitrogens with one attached hydrogen (secondary N) is 2. The topological polar surface area (TPSA) is 41.1 Å². The molecule has 0 unspecified atom stereocenters. The highest BCUT2D eigenvalue weighted by atomic mass is 16.1. The molecular weight excluding hydrogens is 188 g/mol. The van der Waals surface area contributed by atoms with Crippen molar-refractivity contribution in [2.75, 3.05) is 18.4 Å². The van der Waals surface area contributed by atoms with Gasteiger partial charge >= 0.3 is 0 Å². The lowest BCUT2D eigenvalue weighted by Crippen LogP contribution is -2.26. The fourth-order valence-electron chi connectivity index (χ4n) is 1.30. The van der Waals surface area contributed by atoms with Gasteiger partial charge in [-0.1, -0.05) is 6.07 Å². The Morgan fingerprint density at radius 3 is 2.73 bits per heavy atom. The molecule has 3 heteroatoms. The molecule has 1 aromatic rings. The molecule has 0 atom stereocenters. The van der Waals surface area contributed by atoms with Crippen molar-refractivity contribution in [2.45, 2.75) is 20.8 Å². The molecule has 0 aliphatic heterocycles. The molecule has 3 nitrogen and oxygen atoms in total. The van der Waals surface area contributed by atoms with Crippen molar-refractivity contribution in [3.8, 4) is 0 Å². The summed E-state index contributed by atoms with van der Waals surface area (Å²) < 4.78 is 0. The minimum Gasteiger partial charge on any atom is -0.383 e. The molecule has 15 heavy (non-hydrogen) atoms. The largest absolute Gasteiger partial charge is 0.383 e. The summed E-state index contributed by atoms with van der Waals surface area (Å²) in [6, 6.07) is 6.96. The zero-order chi connectivity index (χ0) is 11.3. The van der Waals surface area contributed by atoms with E-state index < -0.39 is 0 Å². The van der Waals surface area contributed by atoms with Crippen LogP contribution in [0.1, 0.15) is 18.1 Å². The molecule has 81 valence electrons. The quantitative estimate of drug-likeness (QED) is 0.734. The molecule has 0 spiro atoms. The summed E-state index contributed by atoms with van der Waals surface area (Å²) in [4.78, 5) is 10.6. The number of carbonyl (C=O) groups excluding carboxylic acids is 1. The zero-order valence-electron chi connectivity index (χ0n) is 9.48. The fraction of sp³-hybridized carbons (Fsp3) is 0.417. The molecule has 0 aliphatic rings. The third-order valence-electron chi connectivity index (χ3n) is 2.34. The summed E-state index contributed by atoms with van der Waals surface area (Å²) >= 11 is 0. The molecular formula is C12H17N2O. The molecule has 1 rings (SSSR count). The van der Waals surface area contributed by atoms with Crippen molar-refractivity contribution in [3.63, 3.8) is 0 Å². The van der Waals surface area contributed by atoms with E-state index in [9.17, 15) is 4.79 Å². The van der Waals surface area contributed by atoms with E-state index in [1.807, 2.05) is 12.1 Å². The van der Waals surface area contributed by atoms with Crippen LogP contribution < -0.4 is 10.6 Å². The van der Waals surface area contributed by atoms with E-state index in [1.54, 1.807) is 0 Å². The van der Waals surface area contributed by atoms with Crippen molar-refractivity contribution < 1.29 is 4.79 Å². The highest BCUT2D eigenvalue weighted by Crippen LogP contribution is 2.16. The summed E-state index contributed by atoms with van der Waals surface area (Å²) in [7, 11) is 0. The van der Waals surface area contributed by atoms with Crippen LogP contribution in [0, 0.1) is 19.9 Å². The maximum Gasteiger partial charge on any atom is 0.216 e. The molecule has 0 aromatic heterocycles. The van der Waals surface area contributed by atoms with Crippen molar-refractivity contribution >= 4 is 11.6 Å². The molecule has 0 saturated carbocycles. The molecule has 0 heterocycles. The number of aryl methyl sites for hydroxylation is 1. The van der Waals surface area contributed by atoms with Gasteiger partial charge in [0.2, 0.25) is 5.91 Å². The third-order valence-corrected chi connectivity index (χ3v) is 2.34. The van der Waals surface area contributed by atoms with Crippen LogP contribution in [0.4, 0.5) is 5.69 Å². The summed E-state index contributed by atoms with van der Waals surface area (Å²) in [5, 5.41) is 6.00. The minimum absolute atomic E-state index is 0.00401. The molecule has 0 bridgehead atoms. The Balaban J connectivity index is 2.44. The first-order valence-corrected chi connectivity index (χ1v) is 5.07. The Hall–Kier alpha value is -1.51. The van der Waals surface area contributed by atoms with E-state index in [1.165, 1.54) is 18.1 Å². The van der Waals surface area contributed by atoms with Gasteiger partial charge in [0.1, 0.15) is 0 Å². The maximum atomic E-state index is 10.6. The SMILES string of the molecule is CC(=O)NCCNc1c[c]cc(C)c1C. The van der Waals surface area contributed by atoms with Gasteiger partial charge in [0.15, 0.2) is 0 Å². The lowest BCUT2D eigenvalue weighted by molar-refractivity contribution is -0.118. The van der Waals surface area contributed by atoms with Crippen molar-refractivity contribution in [1.82, 2.24) is 5.32 Å². The minimum atomic E-state index is 0.00401. The monoisotopic (exact) mass is 205 g/mol. The van der Waals surface area contributed by atoms with Gasteiger partial charge in [-0.25, -0.2) is 0 Å². The van der Waals surface area contributed by atoms with Crippen molar-refractivity contribution in [2.24, 2.45) is 0 Å². The number of amides is 1. The van der Waals surface area contributed by atoms with Crippen LogP contribution in [0.25, 0.3) is 0 Å². The number of hydrogen-bond acceptors (Lipinski definition) is 2. The van der Waals surface area contributed by atoms with E-state index in [0.717, 1.165) is 12.2 Å². The average Bonchev–Trinajstić information content (AvgIpc) is 2.18. The lowest BCUT2D eigenvalue weighted by Gasteiger charge is -2.11. The normalized spacial score (nSPS) is 9.80. The van der Waals surface area contributed by atoms with E-state index in [0.29, 0.717) is 6.54 Å². The van der Waals surface area contributed by atoms with Crippen LogP contribution in [0.5, 0.6) is 0 Å². The second-order valence-corrected chi connectivity index (χ2v) is 3.59. The first-order chi connectivity index (χ1) is 7.11. The van der Waals surface area contributed by atoms with Crippen LogP contribution in [0.15, 0.2) is 12.1 Å². The van der Waals surface area contributed by atoms with Crippen LogP contribution in [0.2, 0.25) is 0 Å². The number of benzene rings is 1. The third kappa shape index (κ3) is 3.62. The lowest BCUT2D eigenvalue weighted by atomic mass is 10.1. The van der Waals surface area contributed by atoms with Crippen LogP contribution in [-0.2, 0) is 4.79 Å². The Morgan fingerprint density at radius 2 is 2.07 bits per heavy atom. The van der Waals surface area contributed by atoms with Gasteiger partial charge in [-0.2, -0.15) is 0 Å². The van der Waals surface area contributed by atoms with E-state index in [2.05, 4.69) is 30.5 Å². The molecule has 0 aliphatic carbocycles. The highest BCUT2D eigenvalue weighted by Gasteiger charge is 1.99. The smallest absolute Gasteiger partial charge is 0.216 e. The highest BCUT2D eigenvalue weighted by molar-refractivity contribution is 5.72.